The van der Waals surface area contributed by atoms with Crippen molar-refractivity contribution >= 4 is 34.7 Å². The van der Waals surface area contributed by atoms with Gasteiger partial charge < -0.3 is 25.8 Å². The molecule has 1 aliphatic carbocycles. The highest BCUT2D eigenvalue weighted by Gasteiger charge is 2.46. The van der Waals surface area contributed by atoms with E-state index in [4.69, 9.17) is 48.4 Å². The van der Waals surface area contributed by atoms with Crippen LogP contribution in [0.2, 0.25) is 5.02 Å². The van der Waals surface area contributed by atoms with Gasteiger partial charge in [-0.05, 0) is 50.1 Å². The highest BCUT2D eigenvalue weighted by molar-refractivity contribution is 6.34. The van der Waals surface area contributed by atoms with Gasteiger partial charge in [-0.15, -0.1) is 11.6 Å². The zero-order valence-electron chi connectivity index (χ0n) is 25.4. The molecule has 0 fully saturated rings. The number of carbonyl (C=O) groups is 1. The molecule has 228 valence electrons. The van der Waals surface area contributed by atoms with Gasteiger partial charge in [0.1, 0.15) is 0 Å². The number of hydrogen-bond acceptors (Lipinski definition) is 7. The molecule has 2 heterocycles. The number of aromatic nitrogens is 2. The lowest BCUT2D eigenvalue weighted by molar-refractivity contribution is -0.119. The summed E-state index contributed by atoms with van der Waals surface area (Å²) in [7, 11) is 3.17. The predicted octanol–water partition coefficient (Wildman–Crippen LogP) is 5.72. The smallest absolute Gasteiger partial charge is 0.218 e. The highest BCUT2D eigenvalue weighted by atomic mass is 35.5. The van der Waals surface area contributed by atoms with Crippen LogP contribution in [0.25, 0.3) is 5.57 Å². The Morgan fingerprint density at radius 1 is 1.07 bits per heavy atom. The van der Waals surface area contributed by atoms with Gasteiger partial charge in [-0.1, -0.05) is 60.2 Å². The summed E-state index contributed by atoms with van der Waals surface area (Å²) in [4.78, 5) is 21.4. The van der Waals surface area contributed by atoms with Crippen molar-refractivity contribution in [3.05, 3.63) is 99.9 Å². The third kappa shape index (κ3) is 6.88. The topological polar surface area (TPSA) is 111 Å². The molecule has 43 heavy (non-hydrogen) atoms. The van der Waals surface area contributed by atoms with E-state index in [0.717, 1.165) is 22.3 Å². The summed E-state index contributed by atoms with van der Waals surface area (Å²) in [5.74, 6) is 0.793. The lowest BCUT2D eigenvalue weighted by Gasteiger charge is -2.38. The van der Waals surface area contributed by atoms with E-state index in [0.29, 0.717) is 41.3 Å². The fourth-order valence-electron chi connectivity index (χ4n) is 5.15. The van der Waals surface area contributed by atoms with Crippen molar-refractivity contribution in [1.29, 1.82) is 0 Å². The van der Waals surface area contributed by atoms with Gasteiger partial charge in [0.25, 0.3) is 0 Å². The maximum atomic E-state index is 11.4. The lowest BCUT2D eigenvalue weighted by atomic mass is 9.70. The summed E-state index contributed by atoms with van der Waals surface area (Å²) in [6, 6.07) is 15.1. The molecule has 1 aromatic carbocycles. The Bertz CT molecular complexity index is 1540. The number of methoxy groups -OCH3 is 2. The van der Waals surface area contributed by atoms with Crippen molar-refractivity contribution in [2.24, 2.45) is 5.73 Å². The minimum absolute atomic E-state index is 0.0793. The van der Waals surface area contributed by atoms with Crippen LogP contribution in [0.4, 0.5) is 0 Å². The van der Waals surface area contributed by atoms with Crippen LogP contribution in [0, 0.1) is 0 Å². The minimum Gasteiger partial charge on any atom is -0.481 e. The number of nitrogens with zero attached hydrogens (tertiary/aromatic N) is 2. The Kier molecular flexibility index (Phi) is 10.2. The van der Waals surface area contributed by atoms with Crippen molar-refractivity contribution in [3.8, 4) is 11.8 Å². The summed E-state index contributed by atoms with van der Waals surface area (Å²) in [5, 5.41) is 6.29. The lowest BCUT2D eigenvalue weighted by Crippen LogP contribution is -2.48. The molecule has 3 aromatic rings. The minimum atomic E-state index is -1.02. The molecule has 4 rings (SSSR count). The second-order valence-corrected chi connectivity index (χ2v) is 12.1. The second kappa shape index (κ2) is 13.5. The average molecular weight is 625 g/mol. The Labute approximate surface area is 263 Å². The number of pyridine rings is 2. The van der Waals surface area contributed by atoms with Gasteiger partial charge in [-0.2, -0.15) is 0 Å². The fourth-order valence-corrected chi connectivity index (χ4v) is 5.88. The monoisotopic (exact) mass is 623 g/mol. The normalized spacial score (nSPS) is 19.0. The van der Waals surface area contributed by atoms with Gasteiger partial charge in [0.05, 0.1) is 36.4 Å². The van der Waals surface area contributed by atoms with Crippen molar-refractivity contribution in [3.63, 3.8) is 0 Å². The predicted molar refractivity (Wildman–Crippen MR) is 173 cm³/mol. The van der Waals surface area contributed by atoms with Crippen molar-refractivity contribution in [2.75, 3.05) is 20.8 Å². The molecule has 2 unspecified atom stereocenters. The number of nitrogens with one attached hydrogen (secondary N) is 2. The fraction of sp³-hybridized carbons (Fsp3) is 0.364. The van der Waals surface area contributed by atoms with E-state index in [9.17, 15) is 4.79 Å². The van der Waals surface area contributed by atoms with Crippen LogP contribution in [0.3, 0.4) is 0 Å². The number of allylic oxidation sites excluding steroid dienone is 4. The SMILES string of the molecule is COc1nc(C2(c3ccc(C(C)N)c(OC)n3)C=CC=C(c3ccccc3Cl)[C@@H]2Cl)ccc1CNC(C)(C)CNC(C)=O. The van der Waals surface area contributed by atoms with E-state index in [-0.39, 0.29) is 17.5 Å². The number of rotatable bonds is 11. The summed E-state index contributed by atoms with van der Waals surface area (Å²) in [6.07, 6.45) is 5.94. The molecule has 8 nitrogen and oxygen atoms in total. The van der Waals surface area contributed by atoms with Crippen LogP contribution in [0.15, 0.2) is 66.8 Å². The van der Waals surface area contributed by atoms with E-state index >= 15 is 0 Å². The molecular formula is C33H39Cl2N5O3. The van der Waals surface area contributed by atoms with Crippen molar-refractivity contribution in [2.45, 2.75) is 56.6 Å². The first-order valence-electron chi connectivity index (χ1n) is 14.1. The Morgan fingerprint density at radius 2 is 1.72 bits per heavy atom. The summed E-state index contributed by atoms with van der Waals surface area (Å²) in [5.41, 5.74) is 9.40. The molecule has 0 bridgehead atoms. The summed E-state index contributed by atoms with van der Waals surface area (Å²) in [6.45, 7) is 8.36. The van der Waals surface area contributed by atoms with E-state index in [1.807, 2.05) is 87.5 Å². The van der Waals surface area contributed by atoms with Gasteiger partial charge >= 0.3 is 0 Å². The molecule has 0 aliphatic heterocycles. The second-order valence-electron chi connectivity index (χ2n) is 11.3. The van der Waals surface area contributed by atoms with Gasteiger partial charge in [-0.3, -0.25) is 4.79 Å². The number of ether oxygens (including phenoxy) is 2. The Morgan fingerprint density at radius 3 is 2.35 bits per heavy atom. The molecule has 0 radical (unpaired) electrons. The van der Waals surface area contributed by atoms with E-state index in [1.165, 1.54) is 6.92 Å². The first-order valence-corrected chi connectivity index (χ1v) is 14.9. The van der Waals surface area contributed by atoms with Crippen LogP contribution in [0.5, 0.6) is 11.8 Å². The molecule has 0 saturated heterocycles. The van der Waals surface area contributed by atoms with Crippen LogP contribution >= 0.6 is 23.2 Å². The first kappa shape index (κ1) is 32.5. The molecule has 0 saturated carbocycles. The zero-order chi connectivity index (χ0) is 31.4. The number of carbonyl (C=O) groups excluding carboxylic acids is 1. The number of nitrogens with two attached hydrogens (primary N) is 1. The number of hydrogen-bond donors (Lipinski definition) is 3. The molecule has 1 aliphatic rings. The van der Waals surface area contributed by atoms with E-state index < -0.39 is 10.8 Å². The number of benzene rings is 1. The molecule has 10 heteroatoms. The highest BCUT2D eigenvalue weighted by Crippen LogP contribution is 2.48. The van der Waals surface area contributed by atoms with Crippen LogP contribution < -0.4 is 25.8 Å². The standard InChI is InChI=1S/C33H39Cl2N5O3/c1-20(36)23-14-16-28(40-31(23)43-6)33(17-9-11-25(29(33)35)24-10-7-8-12-26(24)34)27-15-13-22(30(39-27)42-5)18-38-32(3,4)19-37-21(2)41/h7-17,20,29,38H,18-19,36H2,1-6H3,(H,37,41)/t20?,29-,33?/m0/s1. The largest absolute Gasteiger partial charge is 0.481 e. The van der Waals surface area contributed by atoms with Crippen molar-refractivity contribution < 1.29 is 14.3 Å². The third-order valence-electron chi connectivity index (χ3n) is 7.58. The van der Waals surface area contributed by atoms with Gasteiger partial charge in [0.2, 0.25) is 17.7 Å². The van der Waals surface area contributed by atoms with Crippen molar-refractivity contribution in [1.82, 2.24) is 20.6 Å². The van der Waals surface area contributed by atoms with E-state index in [2.05, 4.69) is 10.6 Å². The van der Waals surface area contributed by atoms with Gasteiger partial charge in [0, 0.05) is 47.7 Å². The van der Waals surface area contributed by atoms with Crippen LogP contribution in [-0.4, -0.2) is 47.6 Å². The number of amides is 1. The zero-order valence-corrected chi connectivity index (χ0v) is 26.9. The molecule has 3 atom stereocenters. The molecule has 1 amide bonds. The maximum Gasteiger partial charge on any atom is 0.218 e. The molecular weight excluding hydrogens is 585 g/mol. The van der Waals surface area contributed by atoms with Gasteiger partial charge in [-0.25, -0.2) is 9.97 Å². The quantitative estimate of drug-likeness (QED) is 0.234. The first-order chi connectivity index (χ1) is 20.4. The summed E-state index contributed by atoms with van der Waals surface area (Å²) >= 11 is 14.1. The Hall–Kier alpha value is -3.43. The van der Waals surface area contributed by atoms with Gasteiger partial charge in [0.15, 0.2) is 0 Å². The Balaban J connectivity index is 1.83. The number of halogens is 2. The molecule has 4 N–H and O–H groups in total. The van der Waals surface area contributed by atoms with Crippen LogP contribution in [-0.2, 0) is 16.8 Å². The third-order valence-corrected chi connectivity index (χ3v) is 8.49. The maximum absolute atomic E-state index is 11.4. The van der Waals surface area contributed by atoms with Crippen LogP contribution in [0.1, 0.15) is 61.8 Å². The molecule has 0 spiro atoms. The molecule has 2 aromatic heterocycles. The number of alkyl halides is 1. The van der Waals surface area contributed by atoms with E-state index in [1.54, 1.807) is 14.2 Å². The summed E-state index contributed by atoms with van der Waals surface area (Å²) < 4.78 is 11.5. The average Bonchev–Trinajstić information content (AvgIpc) is 2.99.